The Bertz CT molecular complexity index is 719. The van der Waals surface area contributed by atoms with E-state index < -0.39 is 0 Å². The molecule has 0 atom stereocenters. The van der Waals surface area contributed by atoms with E-state index in [-0.39, 0.29) is 11.8 Å². The van der Waals surface area contributed by atoms with E-state index in [1.807, 2.05) is 12.1 Å². The van der Waals surface area contributed by atoms with Crippen molar-refractivity contribution in [2.45, 2.75) is 13.5 Å². The molecular formula is C19H23N3O3. The fourth-order valence-electron chi connectivity index (χ4n) is 2.96. The SMILES string of the molecule is Cc1cccc(CNCC(=O)N2CCN(C(=O)c3ccco3)CC2)c1. The monoisotopic (exact) mass is 341 g/mol. The van der Waals surface area contributed by atoms with Gasteiger partial charge in [-0.3, -0.25) is 9.59 Å². The molecule has 1 N–H and O–H groups in total. The zero-order chi connectivity index (χ0) is 17.6. The summed E-state index contributed by atoms with van der Waals surface area (Å²) < 4.78 is 5.14. The van der Waals surface area contributed by atoms with E-state index in [4.69, 9.17) is 4.42 Å². The van der Waals surface area contributed by atoms with Gasteiger partial charge in [0, 0.05) is 32.7 Å². The molecule has 1 fully saturated rings. The van der Waals surface area contributed by atoms with Crippen LogP contribution >= 0.6 is 0 Å². The van der Waals surface area contributed by atoms with Gasteiger partial charge < -0.3 is 19.5 Å². The number of hydrogen-bond donors (Lipinski definition) is 1. The molecule has 1 aliphatic heterocycles. The molecule has 1 saturated heterocycles. The minimum atomic E-state index is -0.116. The molecule has 3 rings (SSSR count). The van der Waals surface area contributed by atoms with Gasteiger partial charge in [0.1, 0.15) is 0 Å². The summed E-state index contributed by atoms with van der Waals surface area (Å²) in [5.74, 6) is 0.298. The number of benzene rings is 1. The van der Waals surface area contributed by atoms with Crippen molar-refractivity contribution in [3.8, 4) is 0 Å². The molecule has 2 heterocycles. The van der Waals surface area contributed by atoms with Crippen molar-refractivity contribution < 1.29 is 14.0 Å². The van der Waals surface area contributed by atoms with E-state index in [1.54, 1.807) is 21.9 Å². The van der Waals surface area contributed by atoms with Gasteiger partial charge in [-0.05, 0) is 24.6 Å². The molecule has 1 aliphatic rings. The lowest BCUT2D eigenvalue weighted by Gasteiger charge is -2.34. The number of hydrogen-bond acceptors (Lipinski definition) is 4. The van der Waals surface area contributed by atoms with Crippen molar-refractivity contribution in [1.82, 2.24) is 15.1 Å². The maximum atomic E-state index is 12.3. The van der Waals surface area contributed by atoms with Gasteiger partial charge in [0.2, 0.25) is 5.91 Å². The molecule has 25 heavy (non-hydrogen) atoms. The molecule has 0 bridgehead atoms. The van der Waals surface area contributed by atoms with Gasteiger partial charge in [0.25, 0.3) is 5.91 Å². The molecular weight excluding hydrogens is 318 g/mol. The highest BCUT2D eigenvalue weighted by Gasteiger charge is 2.25. The third-order valence-electron chi connectivity index (χ3n) is 4.34. The van der Waals surface area contributed by atoms with E-state index in [9.17, 15) is 9.59 Å². The number of amides is 2. The smallest absolute Gasteiger partial charge is 0.289 e. The number of piperazine rings is 1. The molecule has 0 spiro atoms. The van der Waals surface area contributed by atoms with Crippen molar-refractivity contribution in [1.29, 1.82) is 0 Å². The Kier molecular flexibility index (Phi) is 5.50. The fraction of sp³-hybridized carbons (Fsp3) is 0.368. The predicted octanol–water partition coefficient (Wildman–Crippen LogP) is 1.66. The molecule has 2 amide bonds. The van der Waals surface area contributed by atoms with E-state index in [1.165, 1.54) is 17.4 Å². The van der Waals surface area contributed by atoms with Crippen LogP contribution in [0.15, 0.2) is 47.1 Å². The first-order valence-corrected chi connectivity index (χ1v) is 8.50. The summed E-state index contributed by atoms with van der Waals surface area (Å²) in [5.41, 5.74) is 2.38. The molecule has 0 unspecified atom stereocenters. The summed E-state index contributed by atoms with van der Waals surface area (Å²) in [6, 6.07) is 11.6. The van der Waals surface area contributed by atoms with Crippen molar-refractivity contribution in [2.75, 3.05) is 32.7 Å². The van der Waals surface area contributed by atoms with Gasteiger partial charge in [-0.2, -0.15) is 0 Å². The standard InChI is InChI=1S/C19H23N3O3/c1-15-4-2-5-16(12-15)13-20-14-18(23)21-7-9-22(10-8-21)19(24)17-6-3-11-25-17/h2-6,11-12,20H,7-10,13-14H2,1H3. The van der Waals surface area contributed by atoms with E-state index in [2.05, 4.69) is 24.4 Å². The molecule has 0 aliphatic carbocycles. The van der Waals surface area contributed by atoms with Crippen molar-refractivity contribution in [3.63, 3.8) is 0 Å². The number of aryl methyl sites for hydroxylation is 1. The maximum absolute atomic E-state index is 12.3. The first-order valence-electron chi connectivity index (χ1n) is 8.50. The average Bonchev–Trinajstić information content (AvgIpc) is 3.16. The third kappa shape index (κ3) is 4.48. The van der Waals surface area contributed by atoms with Crippen molar-refractivity contribution in [3.05, 3.63) is 59.5 Å². The first kappa shape index (κ1) is 17.2. The molecule has 0 saturated carbocycles. The first-order chi connectivity index (χ1) is 12.1. The molecule has 2 aromatic rings. The lowest BCUT2D eigenvalue weighted by molar-refractivity contribution is -0.131. The normalized spacial score (nSPS) is 14.6. The second-order valence-electron chi connectivity index (χ2n) is 6.24. The van der Waals surface area contributed by atoms with Crippen LogP contribution in [0.1, 0.15) is 21.7 Å². The minimum Gasteiger partial charge on any atom is -0.459 e. The van der Waals surface area contributed by atoms with Crippen LogP contribution in [0.3, 0.4) is 0 Å². The van der Waals surface area contributed by atoms with E-state index in [0.29, 0.717) is 45.0 Å². The number of carbonyl (C=O) groups is 2. The summed E-state index contributed by atoms with van der Waals surface area (Å²) in [5, 5.41) is 3.20. The predicted molar refractivity (Wildman–Crippen MR) is 94.1 cm³/mol. The largest absolute Gasteiger partial charge is 0.459 e. The van der Waals surface area contributed by atoms with Gasteiger partial charge in [-0.15, -0.1) is 0 Å². The summed E-state index contributed by atoms with van der Waals surface area (Å²) in [4.78, 5) is 28.0. The van der Waals surface area contributed by atoms with Crippen molar-refractivity contribution >= 4 is 11.8 Å². The van der Waals surface area contributed by atoms with Gasteiger partial charge >= 0.3 is 0 Å². The zero-order valence-electron chi connectivity index (χ0n) is 14.4. The Hall–Kier alpha value is -2.60. The summed E-state index contributed by atoms with van der Waals surface area (Å²) in [7, 11) is 0. The van der Waals surface area contributed by atoms with Crippen LogP contribution in [0.25, 0.3) is 0 Å². The molecule has 1 aromatic heterocycles. The maximum Gasteiger partial charge on any atom is 0.289 e. The number of furan rings is 1. The summed E-state index contributed by atoms with van der Waals surface area (Å²) in [6.45, 7) is 5.20. The number of nitrogens with zero attached hydrogens (tertiary/aromatic N) is 2. The average molecular weight is 341 g/mol. The van der Waals surface area contributed by atoms with E-state index >= 15 is 0 Å². The molecule has 1 aromatic carbocycles. The van der Waals surface area contributed by atoms with Gasteiger partial charge in [0.05, 0.1) is 12.8 Å². The molecule has 6 heteroatoms. The Morgan fingerprint density at radius 2 is 1.84 bits per heavy atom. The Morgan fingerprint density at radius 3 is 2.52 bits per heavy atom. The minimum absolute atomic E-state index is 0.0674. The van der Waals surface area contributed by atoms with Crippen LogP contribution in [0.5, 0.6) is 0 Å². The Labute approximate surface area is 147 Å². The van der Waals surface area contributed by atoms with E-state index in [0.717, 1.165) is 0 Å². The summed E-state index contributed by atoms with van der Waals surface area (Å²) >= 11 is 0. The Morgan fingerprint density at radius 1 is 1.08 bits per heavy atom. The van der Waals surface area contributed by atoms with Gasteiger partial charge in [-0.25, -0.2) is 0 Å². The van der Waals surface area contributed by atoms with Gasteiger partial charge in [-0.1, -0.05) is 29.8 Å². The summed E-state index contributed by atoms with van der Waals surface area (Å²) in [6.07, 6.45) is 1.49. The van der Waals surface area contributed by atoms with Crippen LogP contribution in [-0.4, -0.2) is 54.3 Å². The lowest BCUT2D eigenvalue weighted by atomic mass is 10.1. The van der Waals surface area contributed by atoms with Crippen LogP contribution in [0.4, 0.5) is 0 Å². The second-order valence-corrected chi connectivity index (χ2v) is 6.24. The Balaban J connectivity index is 1.41. The second kappa shape index (κ2) is 7.98. The van der Waals surface area contributed by atoms with Crippen LogP contribution in [0, 0.1) is 6.92 Å². The fourth-order valence-corrected chi connectivity index (χ4v) is 2.96. The highest BCUT2D eigenvalue weighted by Crippen LogP contribution is 2.09. The highest BCUT2D eigenvalue weighted by atomic mass is 16.3. The molecule has 0 radical (unpaired) electrons. The molecule has 132 valence electrons. The lowest BCUT2D eigenvalue weighted by Crippen LogP contribution is -2.52. The van der Waals surface area contributed by atoms with Crippen molar-refractivity contribution in [2.24, 2.45) is 0 Å². The van der Waals surface area contributed by atoms with Gasteiger partial charge in [0.15, 0.2) is 5.76 Å². The zero-order valence-corrected chi connectivity index (χ0v) is 14.4. The van der Waals surface area contributed by atoms with Crippen LogP contribution in [0.2, 0.25) is 0 Å². The number of nitrogens with one attached hydrogen (secondary N) is 1. The highest BCUT2D eigenvalue weighted by molar-refractivity contribution is 5.91. The number of rotatable bonds is 5. The van der Waals surface area contributed by atoms with Crippen LogP contribution in [-0.2, 0) is 11.3 Å². The topological polar surface area (TPSA) is 65.8 Å². The third-order valence-corrected chi connectivity index (χ3v) is 4.34. The number of carbonyl (C=O) groups excluding carboxylic acids is 2. The molecule has 6 nitrogen and oxygen atoms in total. The quantitative estimate of drug-likeness (QED) is 0.898. The van der Waals surface area contributed by atoms with Crippen LogP contribution < -0.4 is 5.32 Å².